The molecular formula is C23H23N3O2. The maximum Gasteiger partial charge on any atom is 0.274 e. The molecule has 1 amide bonds. The van der Waals surface area contributed by atoms with Gasteiger partial charge in [0.15, 0.2) is 0 Å². The second kappa shape index (κ2) is 8.21. The summed E-state index contributed by atoms with van der Waals surface area (Å²) in [5.74, 6) is -0.187. The predicted octanol–water partition coefficient (Wildman–Crippen LogP) is 3.84. The Hall–Kier alpha value is -3.21. The van der Waals surface area contributed by atoms with Crippen LogP contribution in [0.25, 0.3) is 16.8 Å². The van der Waals surface area contributed by atoms with Crippen molar-refractivity contribution in [2.75, 3.05) is 0 Å². The number of rotatable bonds is 5. The van der Waals surface area contributed by atoms with Gasteiger partial charge in [0.25, 0.3) is 5.56 Å². The molecular weight excluding hydrogens is 350 g/mol. The van der Waals surface area contributed by atoms with Crippen LogP contribution in [0.1, 0.15) is 43.0 Å². The minimum atomic E-state index is -0.187. The van der Waals surface area contributed by atoms with Gasteiger partial charge in [0.2, 0.25) is 5.91 Å². The Kier molecular flexibility index (Phi) is 5.33. The first-order valence-corrected chi connectivity index (χ1v) is 9.74. The van der Waals surface area contributed by atoms with Gasteiger partial charge >= 0.3 is 0 Å². The Morgan fingerprint density at radius 3 is 2.46 bits per heavy atom. The summed E-state index contributed by atoms with van der Waals surface area (Å²) in [7, 11) is 0. The molecule has 0 unspecified atom stereocenters. The Labute approximate surface area is 163 Å². The molecule has 0 saturated heterocycles. The van der Waals surface area contributed by atoms with Crippen molar-refractivity contribution in [2.24, 2.45) is 0 Å². The van der Waals surface area contributed by atoms with Crippen LogP contribution >= 0.6 is 0 Å². The highest BCUT2D eigenvalue weighted by Gasteiger charge is 2.21. The lowest BCUT2D eigenvalue weighted by Crippen LogP contribution is -2.30. The Balaban J connectivity index is 1.57. The van der Waals surface area contributed by atoms with Crippen LogP contribution in [0, 0.1) is 0 Å². The zero-order chi connectivity index (χ0) is 19.3. The van der Waals surface area contributed by atoms with E-state index in [1.165, 1.54) is 6.08 Å². The Bertz CT molecular complexity index is 1060. The van der Waals surface area contributed by atoms with Crippen LogP contribution < -0.4 is 10.9 Å². The van der Waals surface area contributed by atoms with E-state index in [2.05, 4.69) is 10.4 Å². The molecule has 0 bridgehead atoms. The number of nitrogens with zero attached hydrogens (tertiary/aromatic N) is 2. The Morgan fingerprint density at radius 2 is 1.71 bits per heavy atom. The van der Waals surface area contributed by atoms with Crippen molar-refractivity contribution in [1.82, 2.24) is 15.1 Å². The van der Waals surface area contributed by atoms with Crippen LogP contribution in [0.15, 0.2) is 65.5 Å². The lowest BCUT2D eigenvalue weighted by atomic mass is 10.1. The third-order valence-corrected chi connectivity index (χ3v) is 5.23. The van der Waals surface area contributed by atoms with Crippen molar-refractivity contribution in [2.45, 2.75) is 38.3 Å². The lowest BCUT2D eigenvalue weighted by Gasteiger charge is -2.16. The number of aromatic nitrogens is 2. The molecule has 4 rings (SSSR count). The molecule has 1 aliphatic rings. The van der Waals surface area contributed by atoms with Gasteiger partial charge in [0.05, 0.1) is 23.7 Å². The van der Waals surface area contributed by atoms with Gasteiger partial charge in [0, 0.05) is 11.5 Å². The number of benzene rings is 2. The molecule has 3 aromatic rings. The number of carbonyl (C=O) groups is 1. The van der Waals surface area contributed by atoms with Crippen molar-refractivity contribution in [3.63, 3.8) is 0 Å². The molecule has 5 nitrogen and oxygen atoms in total. The third kappa shape index (κ3) is 3.88. The smallest absolute Gasteiger partial charge is 0.274 e. The van der Waals surface area contributed by atoms with E-state index < -0.39 is 0 Å². The van der Waals surface area contributed by atoms with E-state index in [1.54, 1.807) is 10.8 Å². The number of nitrogens with one attached hydrogen (secondary N) is 1. The fourth-order valence-electron chi connectivity index (χ4n) is 3.77. The third-order valence-electron chi connectivity index (χ3n) is 5.23. The zero-order valence-corrected chi connectivity index (χ0v) is 15.7. The van der Waals surface area contributed by atoms with Crippen LogP contribution in [-0.4, -0.2) is 15.7 Å². The summed E-state index contributed by atoms with van der Waals surface area (Å²) >= 11 is 0. The quantitative estimate of drug-likeness (QED) is 0.691. The molecule has 1 aromatic heterocycles. The molecule has 0 aliphatic heterocycles. The fraction of sp³-hybridized carbons (Fsp3) is 0.261. The first-order chi connectivity index (χ1) is 13.7. The highest BCUT2D eigenvalue weighted by Crippen LogP contribution is 2.28. The average Bonchev–Trinajstić information content (AvgIpc) is 3.27. The van der Waals surface area contributed by atoms with Crippen molar-refractivity contribution in [1.29, 1.82) is 0 Å². The first kappa shape index (κ1) is 18.2. The van der Waals surface area contributed by atoms with E-state index in [0.717, 1.165) is 42.3 Å². The summed E-state index contributed by atoms with van der Waals surface area (Å²) in [4.78, 5) is 25.1. The zero-order valence-electron chi connectivity index (χ0n) is 15.7. The minimum Gasteiger partial charge on any atom is -0.347 e. The molecule has 0 atom stereocenters. The number of hydrogen-bond donors (Lipinski definition) is 1. The number of hydrogen-bond acceptors (Lipinski definition) is 3. The van der Waals surface area contributed by atoms with Gasteiger partial charge in [-0.2, -0.15) is 5.10 Å². The number of fused-ring (bicyclic) bond motifs is 1. The highest BCUT2D eigenvalue weighted by molar-refractivity contribution is 5.92. The second-order valence-corrected chi connectivity index (χ2v) is 7.14. The van der Waals surface area contributed by atoms with Gasteiger partial charge in [-0.25, -0.2) is 4.68 Å². The summed E-state index contributed by atoms with van der Waals surface area (Å²) in [6, 6.07) is 17.3. The van der Waals surface area contributed by atoms with Gasteiger partial charge in [-0.05, 0) is 30.5 Å². The van der Waals surface area contributed by atoms with Gasteiger partial charge in [-0.1, -0.05) is 61.4 Å². The first-order valence-electron chi connectivity index (χ1n) is 9.74. The maximum atomic E-state index is 12.9. The molecule has 1 saturated carbocycles. The van der Waals surface area contributed by atoms with Crippen molar-refractivity contribution >= 4 is 22.8 Å². The topological polar surface area (TPSA) is 64.0 Å². The fourth-order valence-corrected chi connectivity index (χ4v) is 3.77. The minimum absolute atomic E-state index is 0.0402. The summed E-state index contributed by atoms with van der Waals surface area (Å²) < 4.78 is 1.64. The van der Waals surface area contributed by atoms with Crippen LogP contribution in [0.3, 0.4) is 0 Å². The molecule has 142 valence electrons. The number of carbonyl (C=O) groups excluding carboxylic acids is 1. The van der Waals surface area contributed by atoms with Crippen molar-refractivity contribution in [3.05, 3.63) is 82.3 Å². The largest absolute Gasteiger partial charge is 0.347 e. The molecule has 5 heteroatoms. The predicted molar refractivity (Wildman–Crippen MR) is 111 cm³/mol. The van der Waals surface area contributed by atoms with Crippen molar-refractivity contribution in [3.8, 4) is 0 Å². The molecule has 0 spiro atoms. The van der Waals surface area contributed by atoms with Crippen molar-refractivity contribution < 1.29 is 4.79 Å². The van der Waals surface area contributed by atoms with E-state index in [0.29, 0.717) is 5.39 Å². The summed E-state index contributed by atoms with van der Waals surface area (Å²) in [5, 5.41) is 8.99. The van der Waals surface area contributed by atoms with Crippen LogP contribution in [0.2, 0.25) is 0 Å². The molecule has 1 N–H and O–H groups in total. The summed E-state index contributed by atoms with van der Waals surface area (Å²) in [6.45, 7) is 0.283. The van der Waals surface area contributed by atoms with E-state index in [-0.39, 0.29) is 24.1 Å². The van der Waals surface area contributed by atoms with Gasteiger partial charge in [0.1, 0.15) is 0 Å². The molecule has 1 heterocycles. The van der Waals surface area contributed by atoms with E-state index in [1.807, 2.05) is 54.6 Å². The molecule has 1 fully saturated rings. The van der Waals surface area contributed by atoms with Gasteiger partial charge in [-0.15, -0.1) is 0 Å². The number of amides is 1. The SMILES string of the molecule is O=C(/C=C/c1ccccc1)NCc1nn(C2CCCC2)c(=O)c2ccccc12. The molecule has 1 aliphatic carbocycles. The maximum absolute atomic E-state index is 12.9. The van der Waals surface area contributed by atoms with E-state index >= 15 is 0 Å². The normalized spacial score (nSPS) is 14.7. The van der Waals surface area contributed by atoms with Crippen LogP contribution in [0.5, 0.6) is 0 Å². The summed E-state index contributed by atoms with van der Waals surface area (Å²) in [5.41, 5.74) is 1.65. The molecule has 2 aromatic carbocycles. The van der Waals surface area contributed by atoms with Gasteiger partial charge in [-0.3, -0.25) is 9.59 Å². The van der Waals surface area contributed by atoms with E-state index in [4.69, 9.17) is 0 Å². The highest BCUT2D eigenvalue weighted by atomic mass is 16.1. The molecule has 28 heavy (non-hydrogen) atoms. The van der Waals surface area contributed by atoms with Crippen LogP contribution in [0.4, 0.5) is 0 Å². The standard InChI is InChI=1S/C23H23N3O2/c27-22(15-14-17-8-2-1-3-9-17)24-16-21-19-12-6-7-13-20(19)23(28)26(25-21)18-10-4-5-11-18/h1-3,6-9,12-15,18H,4-5,10-11,16H2,(H,24,27)/b15-14+. The second-order valence-electron chi connectivity index (χ2n) is 7.14. The molecule has 0 radical (unpaired) electrons. The Morgan fingerprint density at radius 1 is 1.04 bits per heavy atom. The summed E-state index contributed by atoms with van der Waals surface area (Å²) in [6.07, 6.45) is 7.52. The van der Waals surface area contributed by atoms with Gasteiger partial charge < -0.3 is 5.32 Å². The van der Waals surface area contributed by atoms with Crippen LogP contribution in [-0.2, 0) is 11.3 Å². The lowest BCUT2D eigenvalue weighted by molar-refractivity contribution is -0.116. The van der Waals surface area contributed by atoms with E-state index in [9.17, 15) is 9.59 Å². The monoisotopic (exact) mass is 373 g/mol. The average molecular weight is 373 g/mol.